The zero-order valence-corrected chi connectivity index (χ0v) is 15.5. The molecular formula is C19H42N2. The first-order chi connectivity index (χ1) is 10.2. The highest BCUT2D eigenvalue weighted by Crippen LogP contribution is 2.05. The van der Waals surface area contributed by atoms with Gasteiger partial charge in [-0.3, -0.25) is 0 Å². The summed E-state index contributed by atoms with van der Waals surface area (Å²) in [6.45, 7) is 9.77. The van der Waals surface area contributed by atoms with Crippen molar-refractivity contribution in [3.05, 3.63) is 0 Å². The van der Waals surface area contributed by atoms with Crippen molar-refractivity contribution < 1.29 is 0 Å². The molecule has 0 saturated carbocycles. The molecule has 0 bridgehead atoms. The van der Waals surface area contributed by atoms with Crippen LogP contribution in [0.1, 0.15) is 84.5 Å². The highest BCUT2D eigenvalue weighted by molar-refractivity contribution is 4.58. The molecule has 2 fully saturated rings. The summed E-state index contributed by atoms with van der Waals surface area (Å²) in [5.74, 6) is 0. The molecule has 128 valence electrons. The van der Waals surface area contributed by atoms with Crippen LogP contribution in [0.25, 0.3) is 0 Å². The molecule has 0 spiro atoms. The van der Waals surface area contributed by atoms with Crippen LogP contribution in [0.3, 0.4) is 0 Å². The van der Waals surface area contributed by atoms with Crippen molar-refractivity contribution in [2.45, 2.75) is 84.5 Å². The Labute approximate surface area is 135 Å². The van der Waals surface area contributed by atoms with Gasteiger partial charge in [-0.1, -0.05) is 58.8 Å². The van der Waals surface area contributed by atoms with E-state index in [0.717, 1.165) is 0 Å². The van der Waals surface area contributed by atoms with Gasteiger partial charge in [-0.15, -0.1) is 0 Å². The second-order valence-corrected chi connectivity index (χ2v) is 6.79. The normalized spacial score (nSPS) is 20.0. The highest BCUT2D eigenvalue weighted by atomic mass is 15.1. The maximum atomic E-state index is 2.39. The van der Waals surface area contributed by atoms with Gasteiger partial charge in [-0.2, -0.15) is 0 Å². The van der Waals surface area contributed by atoms with Crippen molar-refractivity contribution in [1.82, 2.24) is 9.80 Å². The van der Waals surface area contributed by atoms with Crippen molar-refractivity contribution in [2.24, 2.45) is 0 Å². The van der Waals surface area contributed by atoms with Gasteiger partial charge in [0, 0.05) is 0 Å². The molecular weight excluding hydrogens is 256 g/mol. The fraction of sp³-hybridized carbons (Fsp3) is 1.00. The molecule has 2 heteroatoms. The van der Waals surface area contributed by atoms with E-state index in [0.29, 0.717) is 0 Å². The average Bonchev–Trinajstić information content (AvgIpc) is 2.51. The molecule has 2 rings (SSSR count). The lowest BCUT2D eigenvalue weighted by atomic mass is 10.1. The van der Waals surface area contributed by atoms with Crippen LogP contribution in [0.15, 0.2) is 0 Å². The van der Waals surface area contributed by atoms with Gasteiger partial charge in [0.05, 0.1) is 0 Å². The maximum Gasteiger partial charge on any atom is -0.00218 e. The van der Waals surface area contributed by atoms with Crippen LogP contribution in [0, 0.1) is 0 Å². The van der Waals surface area contributed by atoms with Gasteiger partial charge in [-0.05, 0) is 66.0 Å². The summed E-state index contributed by atoms with van der Waals surface area (Å²) in [4.78, 5) is 4.78. The second-order valence-electron chi connectivity index (χ2n) is 6.79. The van der Waals surface area contributed by atoms with Crippen LogP contribution in [-0.4, -0.2) is 50.1 Å². The maximum absolute atomic E-state index is 2.39. The van der Waals surface area contributed by atoms with E-state index in [1.54, 1.807) is 0 Å². The van der Waals surface area contributed by atoms with Crippen molar-refractivity contribution in [1.29, 1.82) is 0 Å². The molecule has 0 aromatic carbocycles. The van der Waals surface area contributed by atoms with Crippen LogP contribution in [0.4, 0.5) is 0 Å². The van der Waals surface area contributed by atoms with E-state index in [9.17, 15) is 0 Å². The summed E-state index contributed by atoms with van der Waals surface area (Å²) < 4.78 is 0. The second kappa shape index (κ2) is 16.3. The van der Waals surface area contributed by atoms with E-state index in [4.69, 9.17) is 0 Å². The monoisotopic (exact) mass is 298 g/mol. The van der Waals surface area contributed by atoms with Gasteiger partial charge >= 0.3 is 0 Å². The van der Waals surface area contributed by atoms with Crippen molar-refractivity contribution >= 4 is 0 Å². The third-order valence-corrected chi connectivity index (χ3v) is 4.37. The Kier molecular flexibility index (Phi) is 16.2. The highest BCUT2D eigenvalue weighted by Gasteiger charge is 2.02. The minimum Gasteiger partial charge on any atom is -0.306 e. The molecule has 2 nitrogen and oxygen atoms in total. The predicted molar refractivity (Wildman–Crippen MR) is 97.1 cm³/mol. The topological polar surface area (TPSA) is 6.48 Å². The van der Waals surface area contributed by atoms with Gasteiger partial charge in [0.25, 0.3) is 0 Å². The van der Waals surface area contributed by atoms with Crippen molar-refractivity contribution in [2.75, 3.05) is 40.3 Å². The SMILES string of the molecule is CCCCCCC.CN1CCCCC1.CN1CCCCC1. The van der Waals surface area contributed by atoms with E-state index >= 15 is 0 Å². The smallest absolute Gasteiger partial charge is 0.00218 e. The lowest BCUT2D eigenvalue weighted by Gasteiger charge is -2.20. The van der Waals surface area contributed by atoms with E-state index in [-0.39, 0.29) is 0 Å². The van der Waals surface area contributed by atoms with Gasteiger partial charge in [0.15, 0.2) is 0 Å². The number of likely N-dealkylation sites (tertiary alicyclic amines) is 2. The Morgan fingerprint density at radius 1 is 0.524 bits per heavy atom. The number of unbranched alkanes of at least 4 members (excludes halogenated alkanes) is 4. The van der Waals surface area contributed by atoms with Crippen LogP contribution in [0.5, 0.6) is 0 Å². The molecule has 2 aliphatic rings. The molecule has 0 atom stereocenters. The fourth-order valence-corrected chi connectivity index (χ4v) is 2.78. The first kappa shape index (κ1) is 20.9. The molecule has 0 aliphatic carbocycles. The van der Waals surface area contributed by atoms with E-state index in [1.165, 1.54) is 96.8 Å². The molecule has 0 N–H and O–H groups in total. The molecule has 0 unspecified atom stereocenters. The minimum absolute atomic E-state index is 1.32. The van der Waals surface area contributed by atoms with E-state index < -0.39 is 0 Å². The van der Waals surface area contributed by atoms with Gasteiger partial charge in [0.2, 0.25) is 0 Å². The summed E-state index contributed by atoms with van der Waals surface area (Å²) in [5.41, 5.74) is 0. The van der Waals surface area contributed by atoms with E-state index in [2.05, 4.69) is 37.7 Å². The molecule has 21 heavy (non-hydrogen) atoms. The Morgan fingerprint density at radius 2 is 0.857 bits per heavy atom. The summed E-state index contributed by atoms with van der Waals surface area (Å²) in [6, 6.07) is 0. The lowest BCUT2D eigenvalue weighted by Crippen LogP contribution is -2.24. The first-order valence-corrected chi connectivity index (χ1v) is 9.57. The average molecular weight is 299 g/mol. The number of nitrogens with zero attached hydrogens (tertiary/aromatic N) is 2. The number of rotatable bonds is 4. The molecule has 0 aromatic rings. The Balaban J connectivity index is 0.000000286. The van der Waals surface area contributed by atoms with Crippen molar-refractivity contribution in [3.63, 3.8) is 0 Å². The fourth-order valence-electron chi connectivity index (χ4n) is 2.78. The van der Waals surface area contributed by atoms with Crippen LogP contribution in [-0.2, 0) is 0 Å². The molecule has 0 amide bonds. The Bertz CT molecular complexity index is 162. The molecule has 2 saturated heterocycles. The lowest BCUT2D eigenvalue weighted by molar-refractivity contribution is 0.277. The summed E-state index contributed by atoms with van der Waals surface area (Å²) in [5, 5.41) is 0. The largest absolute Gasteiger partial charge is 0.306 e. The quantitative estimate of drug-likeness (QED) is 0.660. The summed E-state index contributed by atoms with van der Waals surface area (Å²) in [6.07, 6.45) is 15.6. The molecule has 2 aliphatic heterocycles. The molecule has 0 aromatic heterocycles. The van der Waals surface area contributed by atoms with Crippen LogP contribution >= 0.6 is 0 Å². The van der Waals surface area contributed by atoms with Gasteiger partial charge < -0.3 is 9.80 Å². The summed E-state index contributed by atoms with van der Waals surface area (Å²) >= 11 is 0. The number of hydrogen-bond acceptors (Lipinski definition) is 2. The first-order valence-electron chi connectivity index (χ1n) is 9.57. The van der Waals surface area contributed by atoms with Crippen LogP contribution < -0.4 is 0 Å². The predicted octanol–water partition coefficient (Wildman–Crippen LogP) is 5.18. The summed E-state index contributed by atoms with van der Waals surface area (Å²) in [7, 11) is 4.39. The Hall–Kier alpha value is -0.0800. The third-order valence-electron chi connectivity index (χ3n) is 4.37. The zero-order chi connectivity index (χ0) is 15.8. The van der Waals surface area contributed by atoms with Crippen molar-refractivity contribution in [3.8, 4) is 0 Å². The number of piperidine rings is 2. The number of hydrogen-bond donors (Lipinski definition) is 0. The van der Waals surface area contributed by atoms with E-state index in [1.807, 2.05) is 0 Å². The zero-order valence-electron chi connectivity index (χ0n) is 15.5. The molecule has 2 heterocycles. The standard InChI is InChI=1S/C7H16.2C6H13N/c1-3-5-7-6-4-2;2*1-7-5-3-2-4-6-7/h3-7H2,1-2H3;2*2-6H2,1H3. The molecule has 0 radical (unpaired) electrons. The van der Waals surface area contributed by atoms with Gasteiger partial charge in [-0.25, -0.2) is 0 Å². The third kappa shape index (κ3) is 16.1. The Morgan fingerprint density at radius 3 is 1.05 bits per heavy atom. The van der Waals surface area contributed by atoms with Crippen LogP contribution in [0.2, 0.25) is 0 Å². The van der Waals surface area contributed by atoms with Gasteiger partial charge in [0.1, 0.15) is 0 Å². The minimum atomic E-state index is 1.32.